The molecule has 0 bridgehead atoms. The lowest BCUT2D eigenvalue weighted by Crippen LogP contribution is -2.45. The molecule has 0 aromatic heterocycles. The van der Waals surface area contributed by atoms with Gasteiger partial charge in [0.25, 0.3) is 0 Å². The Kier molecular flexibility index (Phi) is 31.5. The van der Waals surface area contributed by atoms with Crippen LogP contribution in [0.15, 0.2) is 48.6 Å². The number of carbonyl (C=O) groups excluding carboxylic acids is 1. The molecular weight excluding hydrogens is 506 g/mol. The molecule has 2 atom stereocenters. The second-order valence-corrected chi connectivity index (χ2v) is 11.6. The van der Waals surface area contributed by atoms with Gasteiger partial charge in [-0.2, -0.15) is 0 Å². The summed E-state index contributed by atoms with van der Waals surface area (Å²) in [6.07, 6.45) is 43.3. The fourth-order valence-corrected chi connectivity index (χ4v) is 4.83. The summed E-state index contributed by atoms with van der Waals surface area (Å²) in [6.45, 7) is 4.23. The summed E-state index contributed by atoms with van der Waals surface area (Å²) in [7, 11) is 0. The van der Waals surface area contributed by atoms with Crippen molar-refractivity contribution in [3.63, 3.8) is 0 Å². The third-order valence-electron chi connectivity index (χ3n) is 7.56. The van der Waals surface area contributed by atoms with Crippen LogP contribution in [-0.4, -0.2) is 34.9 Å². The highest BCUT2D eigenvalue weighted by Gasteiger charge is 2.17. The number of allylic oxidation sites excluding steroid dienone is 7. The molecule has 0 saturated carbocycles. The zero-order valence-corrected chi connectivity index (χ0v) is 27.0. The average Bonchev–Trinajstić information content (AvgIpc) is 2.97. The minimum absolute atomic E-state index is 0.0896. The maximum Gasteiger partial charge on any atom is 0.220 e. The van der Waals surface area contributed by atoms with Gasteiger partial charge in [0.15, 0.2) is 0 Å². The van der Waals surface area contributed by atoms with Gasteiger partial charge in [0.1, 0.15) is 0 Å². The lowest BCUT2D eigenvalue weighted by Gasteiger charge is -2.19. The topological polar surface area (TPSA) is 69.6 Å². The monoisotopic (exact) mass is 574 g/mol. The number of aliphatic hydroxyl groups excluding tert-OH is 2. The van der Waals surface area contributed by atoms with E-state index >= 15 is 0 Å². The molecule has 2 unspecified atom stereocenters. The van der Waals surface area contributed by atoms with Crippen molar-refractivity contribution >= 4 is 5.91 Å². The van der Waals surface area contributed by atoms with Crippen molar-refractivity contribution in [2.75, 3.05) is 6.61 Å². The first-order valence-electron chi connectivity index (χ1n) is 17.4. The second kappa shape index (κ2) is 32.9. The van der Waals surface area contributed by atoms with Gasteiger partial charge in [-0.3, -0.25) is 4.79 Å². The molecule has 0 aromatic carbocycles. The van der Waals surface area contributed by atoms with E-state index in [4.69, 9.17) is 0 Å². The first-order chi connectivity index (χ1) is 20.2. The minimum atomic E-state index is -0.865. The summed E-state index contributed by atoms with van der Waals surface area (Å²) in [5, 5.41) is 22.8. The third kappa shape index (κ3) is 29.6. The molecule has 4 nitrogen and oxygen atoms in total. The van der Waals surface area contributed by atoms with E-state index in [1.807, 2.05) is 6.08 Å². The predicted molar refractivity (Wildman–Crippen MR) is 179 cm³/mol. The van der Waals surface area contributed by atoms with E-state index < -0.39 is 12.1 Å². The van der Waals surface area contributed by atoms with Gasteiger partial charge in [0, 0.05) is 6.42 Å². The number of hydrogen-bond donors (Lipinski definition) is 3. The molecule has 0 rings (SSSR count). The number of amides is 1. The van der Waals surface area contributed by atoms with E-state index in [-0.39, 0.29) is 12.5 Å². The highest BCUT2D eigenvalue weighted by Crippen LogP contribution is 2.11. The van der Waals surface area contributed by atoms with Crippen LogP contribution in [0.4, 0.5) is 0 Å². The van der Waals surface area contributed by atoms with Crippen LogP contribution in [0.2, 0.25) is 0 Å². The SMILES string of the molecule is CCCCC/C=C\C=C/CCCCCCCCC(=O)NC(CO)C(O)/C=C/CC/C=C/CCCCCCCCCC. The van der Waals surface area contributed by atoms with Crippen molar-refractivity contribution in [2.24, 2.45) is 0 Å². The Hall–Kier alpha value is -1.65. The largest absolute Gasteiger partial charge is 0.394 e. The summed E-state index contributed by atoms with van der Waals surface area (Å²) in [6, 6.07) is -0.643. The average molecular weight is 574 g/mol. The Morgan fingerprint density at radius 2 is 1.02 bits per heavy atom. The zero-order chi connectivity index (χ0) is 30.1. The summed E-state index contributed by atoms with van der Waals surface area (Å²) in [5.74, 6) is -0.0896. The molecule has 0 aliphatic rings. The second-order valence-electron chi connectivity index (χ2n) is 11.6. The quantitative estimate of drug-likeness (QED) is 0.0455. The number of hydrogen-bond acceptors (Lipinski definition) is 3. The molecule has 0 aliphatic carbocycles. The van der Waals surface area contributed by atoms with Gasteiger partial charge in [-0.15, -0.1) is 0 Å². The van der Waals surface area contributed by atoms with E-state index in [9.17, 15) is 15.0 Å². The molecule has 0 aromatic rings. The summed E-state index contributed by atoms with van der Waals surface area (Å²) >= 11 is 0. The summed E-state index contributed by atoms with van der Waals surface area (Å²) in [5.41, 5.74) is 0. The smallest absolute Gasteiger partial charge is 0.220 e. The van der Waals surface area contributed by atoms with Crippen molar-refractivity contribution in [3.05, 3.63) is 48.6 Å². The molecule has 0 fully saturated rings. The first kappa shape index (κ1) is 39.4. The van der Waals surface area contributed by atoms with Crippen molar-refractivity contribution in [1.29, 1.82) is 0 Å². The van der Waals surface area contributed by atoms with Gasteiger partial charge in [0.05, 0.1) is 18.8 Å². The number of unbranched alkanes of at least 4 members (excludes halogenated alkanes) is 18. The Bertz CT molecular complexity index is 667. The lowest BCUT2D eigenvalue weighted by molar-refractivity contribution is -0.123. The Morgan fingerprint density at radius 1 is 0.585 bits per heavy atom. The number of aliphatic hydroxyl groups is 2. The zero-order valence-electron chi connectivity index (χ0n) is 27.0. The Labute approximate surface area is 254 Å². The molecule has 0 radical (unpaired) electrons. The standard InChI is InChI=1S/C37H67NO3/c1-3-5-7-9-11-13-15-17-19-21-23-25-27-29-31-33-37(41)38-35(34-39)36(40)32-30-28-26-24-22-20-18-16-14-12-10-8-6-4-2/h11,13,15,17,22,24,30,32,35-36,39-40H,3-10,12,14,16,18-21,23,25-29,31,33-34H2,1-2H3,(H,38,41)/b13-11-,17-15-,24-22+,32-30+. The van der Waals surface area contributed by atoms with Gasteiger partial charge in [-0.05, 0) is 57.8 Å². The highest BCUT2D eigenvalue weighted by atomic mass is 16.3. The molecule has 0 heterocycles. The van der Waals surface area contributed by atoms with E-state index in [0.717, 1.165) is 44.9 Å². The van der Waals surface area contributed by atoms with E-state index in [1.165, 1.54) is 96.3 Å². The minimum Gasteiger partial charge on any atom is -0.394 e. The fraction of sp³-hybridized carbons (Fsp3) is 0.757. The molecule has 0 saturated heterocycles. The first-order valence-corrected chi connectivity index (χ1v) is 17.4. The predicted octanol–water partition coefficient (Wildman–Crippen LogP) is 10.1. The molecule has 0 spiro atoms. The van der Waals surface area contributed by atoms with E-state index in [2.05, 4.69) is 55.6 Å². The van der Waals surface area contributed by atoms with E-state index in [1.54, 1.807) is 6.08 Å². The molecule has 3 N–H and O–H groups in total. The maximum atomic E-state index is 12.3. The highest BCUT2D eigenvalue weighted by molar-refractivity contribution is 5.76. The van der Waals surface area contributed by atoms with Gasteiger partial charge >= 0.3 is 0 Å². The summed E-state index contributed by atoms with van der Waals surface area (Å²) in [4.78, 5) is 12.3. The van der Waals surface area contributed by atoms with Crippen LogP contribution in [0, 0.1) is 0 Å². The van der Waals surface area contributed by atoms with Crippen LogP contribution in [-0.2, 0) is 4.79 Å². The van der Waals surface area contributed by atoms with Crippen LogP contribution in [0.25, 0.3) is 0 Å². The van der Waals surface area contributed by atoms with Gasteiger partial charge in [0.2, 0.25) is 5.91 Å². The summed E-state index contributed by atoms with van der Waals surface area (Å²) < 4.78 is 0. The van der Waals surface area contributed by atoms with E-state index in [0.29, 0.717) is 6.42 Å². The molecule has 41 heavy (non-hydrogen) atoms. The lowest BCUT2D eigenvalue weighted by atomic mass is 10.1. The number of nitrogens with one attached hydrogen (secondary N) is 1. The maximum absolute atomic E-state index is 12.3. The number of rotatable bonds is 30. The van der Waals surface area contributed by atoms with Gasteiger partial charge in [-0.1, -0.05) is 146 Å². The Balaban J connectivity index is 3.74. The van der Waals surface area contributed by atoms with Gasteiger partial charge in [-0.25, -0.2) is 0 Å². The fourth-order valence-electron chi connectivity index (χ4n) is 4.83. The molecule has 0 aliphatic heterocycles. The molecular formula is C37H67NO3. The van der Waals surface area contributed by atoms with Crippen LogP contribution >= 0.6 is 0 Å². The van der Waals surface area contributed by atoms with Crippen LogP contribution < -0.4 is 5.32 Å². The third-order valence-corrected chi connectivity index (χ3v) is 7.56. The molecule has 1 amide bonds. The Morgan fingerprint density at radius 3 is 1.61 bits per heavy atom. The number of carbonyl (C=O) groups is 1. The van der Waals surface area contributed by atoms with Gasteiger partial charge < -0.3 is 15.5 Å². The normalized spacial score (nSPS) is 13.8. The van der Waals surface area contributed by atoms with Crippen molar-refractivity contribution in [1.82, 2.24) is 5.32 Å². The molecule has 4 heteroatoms. The van der Waals surface area contributed by atoms with Crippen molar-refractivity contribution in [2.45, 2.75) is 174 Å². The molecule has 238 valence electrons. The van der Waals surface area contributed by atoms with Crippen LogP contribution in [0.3, 0.4) is 0 Å². The van der Waals surface area contributed by atoms with Crippen LogP contribution in [0.1, 0.15) is 162 Å². The van der Waals surface area contributed by atoms with Crippen LogP contribution in [0.5, 0.6) is 0 Å². The van der Waals surface area contributed by atoms with Crippen molar-refractivity contribution in [3.8, 4) is 0 Å². The van der Waals surface area contributed by atoms with Crippen molar-refractivity contribution < 1.29 is 15.0 Å².